The van der Waals surface area contributed by atoms with Crippen LogP contribution in [0.2, 0.25) is 10.0 Å². The number of aromatic nitrogens is 2. The molecule has 8 heteroatoms. The van der Waals surface area contributed by atoms with Crippen LogP contribution in [0.25, 0.3) is 11.3 Å². The first-order valence-electron chi connectivity index (χ1n) is 8.84. The van der Waals surface area contributed by atoms with Crippen molar-refractivity contribution in [3.05, 3.63) is 46.3 Å². The summed E-state index contributed by atoms with van der Waals surface area (Å²) in [4.78, 5) is 24.9. The normalized spacial score (nSPS) is 18.3. The summed E-state index contributed by atoms with van der Waals surface area (Å²) >= 11 is 13.0. The van der Waals surface area contributed by atoms with Crippen molar-refractivity contribution in [2.24, 2.45) is 0 Å². The van der Waals surface area contributed by atoms with Crippen LogP contribution in [0.4, 0.5) is 4.79 Å². The fraction of sp³-hybridized carbons (Fsp3) is 0.421. The molecule has 1 saturated heterocycles. The molecule has 6 nitrogen and oxygen atoms in total. The van der Waals surface area contributed by atoms with Crippen molar-refractivity contribution in [1.82, 2.24) is 25.1 Å². The van der Waals surface area contributed by atoms with Gasteiger partial charge >= 0.3 is 6.03 Å². The summed E-state index contributed by atoms with van der Waals surface area (Å²) in [6.07, 6.45) is 5.82. The van der Waals surface area contributed by atoms with E-state index in [1.165, 1.54) is 0 Å². The molecule has 27 heavy (non-hydrogen) atoms. The van der Waals surface area contributed by atoms with Crippen LogP contribution in [0, 0.1) is 0 Å². The molecule has 1 aliphatic rings. The van der Waals surface area contributed by atoms with Gasteiger partial charge in [-0.15, -0.1) is 0 Å². The number of benzene rings is 1. The number of rotatable bonds is 4. The van der Waals surface area contributed by atoms with Crippen molar-refractivity contribution in [3.63, 3.8) is 0 Å². The molecule has 0 radical (unpaired) electrons. The number of nitrogens with zero attached hydrogens (tertiary/aromatic N) is 4. The average molecular weight is 408 g/mol. The summed E-state index contributed by atoms with van der Waals surface area (Å²) in [6.45, 7) is 3.78. The Bertz CT molecular complexity index is 817. The predicted octanol–water partition coefficient (Wildman–Crippen LogP) is 3.86. The van der Waals surface area contributed by atoms with Crippen molar-refractivity contribution >= 4 is 29.2 Å². The maximum Gasteiger partial charge on any atom is 0.317 e. The number of likely N-dealkylation sites (tertiary alicyclic amines) is 1. The van der Waals surface area contributed by atoms with Gasteiger partial charge in [0.15, 0.2) is 0 Å². The van der Waals surface area contributed by atoms with E-state index in [1.807, 2.05) is 26.1 Å². The Kier molecular flexibility index (Phi) is 6.19. The van der Waals surface area contributed by atoms with E-state index in [0.29, 0.717) is 21.3 Å². The molecule has 1 N–H and O–H groups in total. The zero-order valence-electron chi connectivity index (χ0n) is 15.6. The lowest BCUT2D eigenvalue weighted by molar-refractivity contribution is 0.187. The van der Waals surface area contributed by atoms with Crippen LogP contribution in [0.5, 0.6) is 0 Å². The SMILES string of the molecule is C[C@H](NC(=O)N(C)C1CCN(C)C1)c1ccc(-c2cnccn2)c(Cl)c1Cl. The standard InChI is InChI=1S/C19H23Cl2N5O/c1-12(24-19(27)26(3)13-6-9-25(2)11-13)14-4-5-15(18(21)17(14)20)16-10-22-7-8-23-16/h4-5,7-8,10,12-13H,6,9,11H2,1-3H3,(H,24,27)/t12-,13?/m0/s1. The van der Waals surface area contributed by atoms with Gasteiger partial charge in [-0.3, -0.25) is 9.97 Å². The van der Waals surface area contributed by atoms with E-state index in [4.69, 9.17) is 23.2 Å². The van der Waals surface area contributed by atoms with Gasteiger partial charge in [-0.1, -0.05) is 35.3 Å². The van der Waals surface area contributed by atoms with Gasteiger partial charge < -0.3 is 15.1 Å². The van der Waals surface area contributed by atoms with Crippen LogP contribution in [0.15, 0.2) is 30.7 Å². The topological polar surface area (TPSA) is 61.4 Å². The number of carbonyl (C=O) groups is 1. The first kappa shape index (κ1) is 19.9. The van der Waals surface area contributed by atoms with E-state index in [-0.39, 0.29) is 18.1 Å². The third-order valence-corrected chi connectivity index (χ3v) is 5.89. The van der Waals surface area contributed by atoms with Crippen LogP contribution in [0.1, 0.15) is 24.9 Å². The van der Waals surface area contributed by atoms with Crippen LogP contribution in [-0.4, -0.2) is 59.0 Å². The summed E-state index contributed by atoms with van der Waals surface area (Å²) < 4.78 is 0. The third kappa shape index (κ3) is 4.34. The Hall–Kier alpha value is -1.89. The maximum absolute atomic E-state index is 12.6. The van der Waals surface area contributed by atoms with Gasteiger partial charge in [-0.25, -0.2) is 4.79 Å². The molecule has 1 aliphatic heterocycles. The molecule has 0 aliphatic carbocycles. The number of halogens is 2. The van der Waals surface area contributed by atoms with Crippen molar-refractivity contribution in [2.75, 3.05) is 27.2 Å². The number of hydrogen-bond donors (Lipinski definition) is 1. The fourth-order valence-corrected chi connectivity index (χ4v) is 3.89. The molecule has 1 unspecified atom stereocenters. The summed E-state index contributed by atoms with van der Waals surface area (Å²) in [5.41, 5.74) is 2.13. The van der Waals surface area contributed by atoms with E-state index < -0.39 is 0 Å². The van der Waals surface area contributed by atoms with Gasteiger partial charge in [0.2, 0.25) is 0 Å². The monoisotopic (exact) mass is 407 g/mol. The summed E-state index contributed by atoms with van der Waals surface area (Å²) in [5.74, 6) is 0. The summed E-state index contributed by atoms with van der Waals surface area (Å²) in [6, 6.07) is 3.55. The van der Waals surface area contributed by atoms with Gasteiger partial charge in [-0.05, 0) is 32.5 Å². The highest BCUT2D eigenvalue weighted by Gasteiger charge is 2.27. The molecular weight excluding hydrogens is 385 g/mol. The van der Waals surface area contributed by atoms with E-state index >= 15 is 0 Å². The van der Waals surface area contributed by atoms with Gasteiger partial charge in [0, 0.05) is 37.6 Å². The molecule has 0 bridgehead atoms. The first-order valence-corrected chi connectivity index (χ1v) is 9.60. The molecule has 0 spiro atoms. The van der Waals surface area contributed by atoms with Crippen LogP contribution in [0.3, 0.4) is 0 Å². The lowest BCUT2D eigenvalue weighted by atomic mass is 10.0. The average Bonchev–Trinajstić information content (AvgIpc) is 3.10. The zero-order chi connectivity index (χ0) is 19.6. The lowest BCUT2D eigenvalue weighted by Gasteiger charge is -2.27. The molecule has 144 valence electrons. The molecule has 2 aromatic rings. The largest absolute Gasteiger partial charge is 0.331 e. The van der Waals surface area contributed by atoms with E-state index in [1.54, 1.807) is 23.5 Å². The van der Waals surface area contributed by atoms with Crippen molar-refractivity contribution in [3.8, 4) is 11.3 Å². The second-order valence-corrected chi connectivity index (χ2v) is 7.66. The highest BCUT2D eigenvalue weighted by molar-refractivity contribution is 6.44. The van der Waals surface area contributed by atoms with Gasteiger partial charge in [0.05, 0.1) is 28.0 Å². The van der Waals surface area contributed by atoms with Crippen LogP contribution >= 0.6 is 23.2 Å². The molecule has 1 aromatic heterocycles. The molecular formula is C19H23Cl2N5O. The Morgan fingerprint density at radius 1 is 1.33 bits per heavy atom. The molecule has 3 rings (SSSR count). The van der Waals surface area contributed by atoms with Crippen LogP contribution < -0.4 is 5.32 Å². The Balaban J connectivity index is 1.74. The van der Waals surface area contributed by atoms with Crippen molar-refractivity contribution in [2.45, 2.75) is 25.4 Å². The Morgan fingerprint density at radius 3 is 2.74 bits per heavy atom. The maximum atomic E-state index is 12.6. The predicted molar refractivity (Wildman–Crippen MR) is 108 cm³/mol. The van der Waals surface area contributed by atoms with Crippen molar-refractivity contribution < 1.29 is 4.79 Å². The number of amides is 2. The third-order valence-electron chi connectivity index (χ3n) is 4.99. The quantitative estimate of drug-likeness (QED) is 0.835. The molecule has 0 saturated carbocycles. The molecule has 2 amide bonds. The zero-order valence-corrected chi connectivity index (χ0v) is 17.1. The van der Waals surface area contributed by atoms with Crippen LogP contribution in [-0.2, 0) is 0 Å². The minimum absolute atomic E-state index is 0.118. The smallest absolute Gasteiger partial charge is 0.317 e. The second kappa shape index (κ2) is 8.42. The van der Waals surface area contributed by atoms with E-state index in [9.17, 15) is 4.79 Å². The van der Waals surface area contributed by atoms with E-state index in [2.05, 4.69) is 27.2 Å². The Labute approximate surface area is 169 Å². The molecule has 2 heterocycles. The first-order chi connectivity index (χ1) is 12.9. The van der Waals surface area contributed by atoms with Gasteiger partial charge in [-0.2, -0.15) is 0 Å². The minimum atomic E-state index is -0.278. The number of urea groups is 1. The fourth-order valence-electron chi connectivity index (χ4n) is 3.29. The van der Waals surface area contributed by atoms with Crippen molar-refractivity contribution in [1.29, 1.82) is 0 Å². The molecule has 1 fully saturated rings. The Morgan fingerprint density at radius 2 is 2.11 bits per heavy atom. The number of likely N-dealkylation sites (N-methyl/N-ethyl adjacent to an activating group) is 2. The lowest BCUT2D eigenvalue weighted by Crippen LogP contribution is -2.45. The second-order valence-electron chi connectivity index (χ2n) is 6.91. The molecule has 2 atom stereocenters. The number of carbonyl (C=O) groups excluding carboxylic acids is 1. The minimum Gasteiger partial charge on any atom is -0.331 e. The number of nitrogens with one attached hydrogen (secondary N) is 1. The molecule has 1 aromatic carbocycles. The summed E-state index contributed by atoms with van der Waals surface area (Å²) in [7, 11) is 3.90. The van der Waals surface area contributed by atoms with Gasteiger partial charge in [0.1, 0.15) is 0 Å². The van der Waals surface area contributed by atoms with E-state index in [0.717, 1.165) is 25.1 Å². The highest BCUT2D eigenvalue weighted by Crippen LogP contribution is 2.37. The number of hydrogen-bond acceptors (Lipinski definition) is 4. The summed E-state index contributed by atoms with van der Waals surface area (Å²) in [5, 5.41) is 3.83. The van der Waals surface area contributed by atoms with Gasteiger partial charge in [0.25, 0.3) is 0 Å². The highest BCUT2D eigenvalue weighted by atomic mass is 35.5.